The Morgan fingerprint density at radius 2 is 1.53 bits per heavy atom. The van der Waals surface area contributed by atoms with Gasteiger partial charge < -0.3 is 9.47 Å². The maximum atomic E-state index is 14.4. The van der Waals surface area contributed by atoms with E-state index < -0.39 is 22.8 Å². The molecule has 3 aromatic carbocycles. The van der Waals surface area contributed by atoms with Gasteiger partial charge in [-0.3, -0.25) is 4.79 Å². The summed E-state index contributed by atoms with van der Waals surface area (Å²) < 4.78 is 11.6. The number of nitrogens with zero attached hydrogens (tertiary/aromatic N) is 2. The zero-order valence-corrected chi connectivity index (χ0v) is 20.9. The van der Waals surface area contributed by atoms with E-state index in [1.165, 1.54) is 0 Å². The Kier molecular flexibility index (Phi) is 4.78. The normalized spacial score (nSPS) is 23.6. The van der Waals surface area contributed by atoms with Crippen LogP contribution >= 0.6 is 0 Å². The van der Waals surface area contributed by atoms with Crippen molar-refractivity contribution >= 4 is 33.7 Å². The molecule has 4 aromatic rings. The van der Waals surface area contributed by atoms with Gasteiger partial charge in [-0.2, -0.15) is 0 Å². The summed E-state index contributed by atoms with van der Waals surface area (Å²) in [6.07, 6.45) is 1.41. The van der Waals surface area contributed by atoms with Crippen LogP contribution in [0.2, 0.25) is 0 Å². The minimum absolute atomic E-state index is 0.227. The Morgan fingerprint density at radius 1 is 0.861 bits per heavy atom. The first-order valence-corrected chi connectivity index (χ1v) is 12.4. The Bertz CT molecular complexity index is 1580. The van der Waals surface area contributed by atoms with Gasteiger partial charge in [0.05, 0.1) is 29.0 Å². The number of hydrogen-bond donors (Lipinski definition) is 0. The topological polar surface area (TPSA) is 78.4 Å². The van der Waals surface area contributed by atoms with Gasteiger partial charge in [0.2, 0.25) is 0 Å². The van der Waals surface area contributed by atoms with Crippen molar-refractivity contribution < 1.29 is 19.1 Å². The maximum absolute atomic E-state index is 14.4. The number of ether oxygens (including phenoxy) is 2. The summed E-state index contributed by atoms with van der Waals surface area (Å²) in [6.45, 7) is 8.39. The molecule has 2 bridgehead atoms. The van der Waals surface area contributed by atoms with Crippen molar-refractivity contribution in [2.75, 3.05) is 6.61 Å². The lowest BCUT2D eigenvalue weighted by Crippen LogP contribution is -2.48. The lowest BCUT2D eigenvalue weighted by molar-refractivity contribution is -0.145. The minimum atomic E-state index is -0.989. The second kappa shape index (κ2) is 7.60. The molecule has 0 amide bonds. The molecule has 0 N–H and O–H groups in total. The summed E-state index contributed by atoms with van der Waals surface area (Å²) in [5.74, 6) is -0.685. The number of aromatic nitrogens is 2. The lowest BCUT2D eigenvalue weighted by Gasteiger charge is -2.38. The molecule has 1 heterocycles. The van der Waals surface area contributed by atoms with Crippen LogP contribution in [-0.4, -0.2) is 28.5 Å². The van der Waals surface area contributed by atoms with Crippen LogP contribution in [0, 0.1) is 5.41 Å². The molecule has 2 unspecified atom stereocenters. The molecule has 182 valence electrons. The first-order chi connectivity index (χ1) is 17.2. The van der Waals surface area contributed by atoms with Crippen LogP contribution in [0.4, 0.5) is 0 Å². The molecule has 1 fully saturated rings. The van der Waals surface area contributed by atoms with Crippen LogP contribution < -0.4 is 4.74 Å². The van der Waals surface area contributed by atoms with Crippen molar-refractivity contribution in [3.8, 4) is 5.75 Å². The Morgan fingerprint density at radius 3 is 2.25 bits per heavy atom. The number of para-hydroxylation sites is 2. The standard InChI is InChI=1S/C30H28N2O4/c1-5-35-26(33)20-15-14-18-10-6-7-11-19(18)23(20)36-27(34)30-17-16-29(4,28(30,2)3)24-25(30)32-22-13-9-8-12-21(22)31-24/h6-15H,5,16-17H2,1-4H3. The first-order valence-electron chi connectivity index (χ1n) is 12.4. The summed E-state index contributed by atoms with van der Waals surface area (Å²) in [5.41, 5.74) is 1.57. The minimum Gasteiger partial charge on any atom is -0.462 e. The van der Waals surface area contributed by atoms with Crippen molar-refractivity contribution in [3.05, 3.63) is 77.6 Å². The molecule has 0 radical (unpaired) electrons. The number of carbonyl (C=O) groups excluding carboxylic acids is 2. The molecule has 6 rings (SSSR count). The highest BCUT2D eigenvalue weighted by molar-refractivity contribution is 6.03. The van der Waals surface area contributed by atoms with E-state index in [0.717, 1.165) is 28.5 Å². The highest BCUT2D eigenvalue weighted by Gasteiger charge is 2.74. The fraction of sp³-hybridized carbons (Fsp3) is 0.333. The summed E-state index contributed by atoms with van der Waals surface area (Å²) in [5, 5.41) is 1.56. The number of hydrogen-bond acceptors (Lipinski definition) is 6. The molecular formula is C30H28N2O4. The molecule has 2 atom stereocenters. The Labute approximate surface area is 209 Å². The largest absolute Gasteiger partial charge is 0.462 e. The van der Waals surface area contributed by atoms with E-state index in [9.17, 15) is 9.59 Å². The van der Waals surface area contributed by atoms with Crippen molar-refractivity contribution in [1.82, 2.24) is 9.97 Å². The maximum Gasteiger partial charge on any atom is 0.341 e. The van der Waals surface area contributed by atoms with Gasteiger partial charge in [0, 0.05) is 10.8 Å². The van der Waals surface area contributed by atoms with Gasteiger partial charge in [-0.15, -0.1) is 0 Å². The van der Waals surface area contributed by atoms with E-state index in [2.05, 4.69) is 20.8 Å². The lowest BCUT2D eigenvalue weighted by atomic mass is 9.64. The Hall–Kier alpha value is -3.80. The van der Waals surface area contributed by atoms with Crippen molar-refractivity contribution in [2.45, 2.75) is 51.4 Å². The van der Waals surface area contributed by atoms with Crippen LogP contribution in [0.3, 0.4) is 0 Å². The zero-order valence-electron chi connectivity index (χ0n) is 20.9. The van der Waals surface area contributed by atoms with Gasteiger partial charge in [0.25, 0.3) is 0 Å². The summed E-state index contributed by atoms with van der Waals surface area (Å²) in [7, 11) is 0. The van der Waals surface area contributed by atoms with Gasteiger partial charge >= 0.3 is 11.9 Å². The van der Waals surface area contributed by atoms with Crippen LogP contribution in [0.25, 0.3) is 21.8 Å². The second-order valence-corrected chi connectivity index (χ2v) is 10.5. The molecule has 6 nitrogen and oxygen atoms in total. The van der Waals surface area contributed by atoms with Crippen LogP contribution in [0.15, 0.2) is 60.7 Å². The molecule has 1 aromatic heterocycles. The number of benzene rings is 3. The highest BCUT2D eigenvalue weighted by Crippen LogP contribution is 2.70. The smallest absolute Gasteiger partial charge is 0.341 e. The third-order valence-corrected chi connectivity index (χ3v) is 8.86. The summed E-state index contributed by atoms with van der Waals surface area (Å²) in [6, 6.07) is 18.8. The third-order valence-electron chi connectivity index (χ3n) is 8.86. The Balaban J connectivity index is 1.54. The fourth-order valence-corrected chi connectivity index (χ4v) is 6.40. The number of esters is 2. The van der Waals surface area contributed by atoms with Gasteiger partial charge in [0.15, 0.2) is 5.75 Å². The molecule has 0 saturated heterocycles. The van der Waals surface area contributed by atoms with Gasteiger partial charge in [0.1, 0.15) is 11.0 Å². The monoisotopic (exact) mass is 480 g/mol. The molecule has 1 saturated carbocycles. The highest BCUT2D eigenvalue weighted by atomic mass is 16.5. The first kappa shape index (κ1) is 22.7. The van der Waals surface area contributed by atoms with Crippen molar-refractivity contribution in [1.29, 1.82) is 0 Å². The summed E-state index contributed by atoms with van der Waals surface area (Å²) in [4.78, 5) is 37.3. The zero-order chi connectivity index (χ0) is 25.3. The van der Waals surface area contributed by atoms with E-state index in [1.54, 1.807) is 13.0 Å². The molecule has 0 spiro atoms. The quantitative estimate of drug-likeness (QED) is 0.268. The van der Waals surface area contributed by atoms with Gasteiger partial charge in [-0.05, 0) is 48.8 Å². The average molecular weight is 481 g/mol. The van der Waals surface area contributed by atoms with E-state index in [-0.39, 0.29) is 23.3 Å². The molecule has 6 heteroatoms. The van der Waals surface area contributed by atoms with Crippen molar-refractivity contribution in [2.24, 2.45) is 5.41 Å². The van der Waals surface area contributed by atoms with E-state index in [1.807, 2.05) is 54.6 Å². The van der Waals surface area contributed by atoms with Crippen LogP contribution in [0.5, 0.6) is 5.75 Å². The van der Waals surface area contributed by atoms with Crippen molar-refractivity contribution in [3.63, 3.8) is 0 Å². The number of fused-ring (bicyclic) bond motifs is 7. The van der Waals surface area contributed by atoms with E-state index in [4.69, 9.17) is 19.4 Å². The molecule has 0 aliphatic heterocycles. The fourth-order valence-electron chi connectivity index (χ4n) is 6.40. The van der Waals surface area contributed by atoms with Gasteiger partial charge in [-0.1, -0.05) is 63.2 Å². The van der Waals surface area contributed by atoms with Gasteiger partial charge in [-0.25, -0.2) is 14.8 Å². The van der Waals surface area contributed by atoms with E-state index in [0.29, 0.717) is 17.5 Å². The van der Waals surface area contributed by atoms with Crippen LogP contribution in [-0.2, 0) is 20.4 Å². The second-order valence-electron chi connectivity index (χ2n) is 10.5. The number of rotatable bonds is 4. The molecular weight excluding hydrogens is 452 g/mol. The molecule has 36 heavy (non-hydrogen) atoms. The predicted octanol–water partition coefficient (Wildman–Crippen LogP) is 5.89. The predicted molar refractivity (Wildman–Crippen MR) is 137 cm³/mol. The number of carbonyl (C=O) groups is 2. The van der Waals surface area contributed by atoms with E-state index >= 15 is 0 Å². The van der Waals surface area contributed by atoms with Crippen LogP contribution in [0.1, 0.15) is 62.3 Å². The molecule has 2 aliphatic rings. The SMILES string of the molecule is CCOC(=O)c1ccc2ccccc2c1OC(=O)C12CCC(C)(c3nc4ccccc4nc31)C2(C)C. The summed E-state index contributed by atoms with van der Waals surface area (Å²) >= 11 is 0. The third kappa shape index (κ3) is 2.73. The average Bonchev–Trinajstić information content (AvgIpc) is 3.17. The molecule has 2 aliphatic carbocycles.